The first-order chi connectivity index (χ1) is 10.1. The Bertz CT molecular complexity index is 701. The van der Waals surface area contributed by atoms with Crippen molar-refractivity contribution >= 4 is 28.7 Å². The van der Waals surface area contributed by atoms with Crippen LogP contribution in [0.25, 0.3) is 0 Å². The number of non-ortho nitro benzene ring substituents is 1. The van der Waals surface area contributed by atoms with Crippen molar-refractivity contribution in [2.24, 2.45) is 10.8 Å². The fourth-order valence-electron chi connectivity index (χ4n) is 1.77. The largest absolute Gasteiger partial charge is 0.375 e. The van der Waals surface area contributed by atoms with E-state index in [1.165, 1.54) is 12.1 Å². The van der Waals surface area contributed by atoms with Gasteiger partial charge in [-0.2, -0.15) is 5.10 Å². The van der Waals surface area contributed by atoms with Crippen molar-refractivity contribution in [1.82, 2.24) is 5.43 Å². The highest BCUT2D eigenvalue weighted by molar-refractivity contribution is 7.80. The van der Waals surface area contributed by atoms with E-state index in [9.17, 15) is 10.1 Å². The molecule has 0 aliphatic rings. The zero-order chi connectivity index (χ0) is 15.2. The second-order valence-electron chi connectivity index (χ2n) is 4.11. The van der Waals surface area contributed by atoms with E-state index in [1.54, 1.807) is 12.1 Å². The highest BCUT2D eigenvalue weighted by atomic mass is 32.1. The average Bonchev–Trinajstić information content (AvgIpc) is 2.48. The van der Waals surface area contributed by atoms with E-state index in [-0.39, 0.29) is 10.8 Å². The molecule has 3 N–H and O–H groups in total. The predicted molar refractivity (Wildman–Crippen MR) is 85.1 cm³/mol. The summed E-state index contributed by atoms with van der Waals surface area (Å²) in [7, 11) is 0. The molecule has 0 radical (unpaired) electrons. The fraction of sp³-hybridized carbons (Fsp3) is 0. The van der Waals surface area contributed by atoms with E-state index in [1.807, 2.05) is 30.3 Å². The molecule has 106 valence electrons. The number of nitrogens with one attached hydrogen (secondary N) is 1. The highest BCUT2D eigenvalue weighted by Gasteiger charge is 2.12. The fourth-order valence-corrected chi connectivity index (χ4v) is 1.82. The highest BCUT2D eigenvalue weighted by Crippen LogP contribution is 2.17. The summed E-state index contributed by atoms with van der Waals surface area (Å²) in [6.07, 6.45) is 0. The molecular weight excluding hydrogens is 288 g/mol. The van der Waals surface area contributed by atoms with Crippen molar-refractivity contribution < 1.29 is 4.92 Å². The molecule has 0 atom stereocenters. The Hall–Kier alpha value is -2.80. The standard InChI is InChI=1S/C14H12N4O2S/c15-14(21)17-16-13(10-5-2-1-3-6-10)11-7-4-8-12(9-11)18(19)20/h1-9H,(H3,15,17,21)/b16-13+. The summed E-state index contributed by atoms with van der Waals surface area (Å²) in [4.78, 5) is 10.4. The van der Waals surface area contributed by atoms with Gasteiger partial charge >= 0.3 is 0 Å². The van der Waals surface area contributed by atoms with Gasteiger partial charge in [0, 0.05) is 23.3 Å². The van der Waals surface area contributed by atoms with Crippen molar-refractivity contribution in [3.05, 3.63) is 75.8 Å². The first-order valence-electron chi connectivity index (χ1n) is 6.01. The van der Waals surface area contributed by atoms with Crippen LogP contribution in [-0.4, -0.2) is 15.7 Å². The van der Waals surface area contributed by atoms with Gasteiger partial charge in [0.1, 0.15) is 0 Å². The van der Waals surface area contributed by atoms with Gasteiger partial charge < -0.3 is 5.73 Å². The minimum atomic E-state index is -0.451. The number of hydrogen-bond donors (Lipinski definition) is 2. The maximum atomic E-state index is 10.9. The van der Waals surface area contributed by atoms with Gasteiger partial charge in [-0.05, 0) is 12.2 Å². The van der Waals surface area contributed by atoms with Gasteiger partial charge in [0.25, 0.3) is 5.69 Å². The quantitative estimate of drug-likeness (QED) is 0.391. The van der Waals surface area contributed by atoms with Gasteiger partial charge in [-0.3, -0.25) is 15.5 Å². The molecule has 6 nitrogen and oxygen atoms in total. The first kappa shape index (κ1) is 14.6. The van der Waals surface area contributed by atoms with E-state index in [0.29, 0.717) is 11.3 Å². The van der Waals surface area contributed by atoms with Crippen molar-refractivity contribution in [3.8, 4) is 0 Å². The zero-order valence-corrected chi connectivity index (χ0v) is 11.7. The van der Waals surface area contributed by atoms with Crippen LogP contribution in [0, 0.1) is 10.1 Å². The first-order valence-corrected chi connectivity index (χ1v) is 6.42. The Labute approximate surface area is 126 Å². The molecule has 0 aliphatic heterocycles. The Balaban J connectivity index is 2.50. The normalized spacial score (nSPS) is 11.0. The predicted octanol–water partition coefficient (Wildman–Crippen LogP) is 2.18. The Morgan fingerprint density at radius 3 is 2.43 bits per heavy atom. The summed E-state index contributed by atoms with van der Waals surface area (Å²) < 4.78 is 0. The smallest absolute Gasteiger partial charge is 0.270 e. The molecular formula is C14H12N4O2S. The second kappa shape index (κ2) is 6.58. The topological polar surface area (TPSA) is 93.5 Å². The lowest BCUT2D eigenvalue weighted by molar-refractivity contribution is -0.384. The molecule has 0 aliphatic carbocycles. The molecule has 0 unspecified atom stereocenters. The molecule has 0 heterocycles. The molecule has 0 spiro atoms. The molecule has 21 heavy (non-hydrogen) atoms. The third-order valence-electron chi connectivity index (χ3n) is 2.66. The Morgan fingerprint density at radius 1 is 1.14 bits per heavy atom. The summed E-state index contributed by atoms with van der Waals surface area (Å²) >= 11 is 4.73. The Morgan fingerprint density at radius 2 is 1.81 bits per heavy atom. The van der Waals surface area contributed by atoms with E-state index in [4.69, 9.17) is 18.0 Å². The molecule has 0 amide bonds. The molecule has 0 aromatic heterocycles. The van der Waals surface area contributed by atoms with Crippen molar-refractivity contribution in [2.75, 3.05) is 0 Å². The van der Waals surface area contributed by atoms with Crippen LogP contribution in [0.4, 0.5) is 5.69 Å². The van der Waals surface area contributed by atoms with Gasteiger partial charge in [0.2, 0.25) is 0 Å². The van der Waals surface area contributed by atoms with Crippen molar-refractivity contribution in [1.29, 1.82) is 0 Å². The molecule has 0 saturated heterocycles. The van der Waals surface area contributed by atoms with Crippen LogP contribution >= 0.6 is 12.2 Å². The van der Waals surface area contributed by atoms with Gasteiger partial charge in [-0.15, -0.1) is 0 Å². The molecule has 0 fully saturated rings. The van der Waals surface area contributed by atoms with Crippen molar-refractivity contribution in [2.45, 2.75) is 0 Å². The third kappa shape index (κ3) is 3.83. The zero-order valence-electron chi connectivity index (χ0n) is 10.9. The summed E-state index contributed by atoms with van der Waals surface area (Å²) in [5, 5.41) is 15.1. The number of nitrogens with zero attached hydrogens (tertiary/aromatic N) is 2. The van der Waals surface area contributed by atoms with Crippen molar-refractivity contribution in [3.63, 3.8) is 0 Å². The minimum absolute atomic E-state index is 0.00791. The molecule has 2 aromatic carbocycles. The SMILES string of the molecule is NC(=S)N/N=C(\c1ccccc1)c1cccc([N+](=O)[O-])c1. The molecule has 2 rings (SSSR count). The lowest BCUT2D eigenvalue weighted by atomic mass is 10.0. The summed E-state index contributed by atoms with van der Waals surface area (Å²) in [5.41, 5.74) is 9.80. The number of thiocarbonyl (C=S) groups is 1. The van der Waals surface area contributed by atoms with Crippen LogP contribution in [0.5, 0.6) is 0 Å². The average molecular weight is 300 g/mol. The van der Waals surface area contributed by atoms with Crippen LogP contribution in [-0.2, 0) is 0 Å². The van der Waals surface area contributed by atoms with Gasteiger partial charge in [0.05, 0.1) is 10.6 Å². The maximum Gasteiger partial charge on any atom is 0.270 e. The van der Waals surface area contributed by atoms with Gasteiger partial charge in [-0.1, -0.05) is 42.5 Å². The van der Waals surface area contributed by atoms with Gasteiger partial charge in [0.15, 0.2) is 5.11 Å². The monoisotopic (exact) mass is 300 g/mol. The van der Waals surface area contributed by atoms with Crippen LogP contribution in [0.2, 0.25) is 0 Å². The van der Waals surface area contributed by atoms with E-state index >= 15 is 0 Å². The number of nitro benzene ring substituents is 1. The number of nitrogens with two attached hydrogens (primary N) is 1. The van der Waals surface area contributed by atoms with E-state index < -0.39 is 4.92 Å². The number of hydrogen-bond acceptors (Lipinski definition) is 4. The summed E-state index contributed by atoms with van der Waals surface area (Å²) in [6, 6.07) is 15.5. The number of nitro groups is 1. The van der Waals surface area contributed by atoms with E-state index in [0.717, 1.165) is 5.56 Å². The molecule has 7 heteroatoms. The molecule has 0 bridgehead atoms. The van der Waals surface area contributed by atoms with Gasteiger partial charge in [-0.25, -0.2) is 0 Å². The molecule has 0 saturated carbocycles. The van der Waals surface area contributed by atoms with Crippen LogP contribution in [0.15, 0.2) is 59.7 Å². The maximum absolute atomic E-state index is 10.9. The summed E-state index contributed by atoms with van der Waals surface area (Å²) in [5.74, 6) is 0. The van der Waals surface area contributed by atoms with Crippen LogP contribution in [0.1, 0.15) is 11.1 Å². The van der Waals surface area contributed by atoms with E-state index in [2.05, 4.69) is 10.5 Å². The Kier molecular flexibility index (Phi) is 4.57. The van der Waals surface area contributed by atoms with Crippen LogP contribution in [0.3, 0.4) is 0 Å². The minimum Gasteiger partial charge on any atom is -0.375 e. The number of rotatable bonds is 4. The lowest BCUT2D eigenvalue weighted by Crippen LogP contribution is -2.26. The second-order valence-corrected chi connectivity index (χ2v) is 4.55. The number of benzene rings is 2. The lowest BCUT2D eigenvalue weighted by Gasteiger charge is -2.07. The third-order valence-corrected chi connectivity index (χ3v) is 2.75. The van der Waals surface area contributed by atoms with Crippen LogP contribution < -0.4 is 11.2 Å². The summed E-state index contributed by atoms with van der Waals surface area (Å²) in [6.45, 7) is 0. The molecule has 2 aromatic rings. The number of hydrazone groups is 1.